The van der Waals surface area contributed by atoms with Crippen molar-refractivity contribution in [1.82, 2.24) is 15.2 Å². The molecule has 33 heavy (non-hydrogen) atoms. The number of H-pyrrole nitrogens is 1. The van der Waals surface area contributed by atoms with Crippen LogP contribution in [0.25, 0.3) is 10.9 Å². The molecule has 8 nitrogen and oxygen atoms in total. The Morgan fingerprint density at radius 1 is 1.30 bits per heavy atom. The number of aryl methyl sites for hydroxylation is 1. The number of hydrogen-bond acceptors (Lipinski definition) is 7. The molecular formula is C22H24F3N5O3. The summed E-state index contributed by atoms with van der Waals surface area (Å²) in [6.45, 7) is 3.92. The Morgan fingerprint density at radius 3 is 2.73 bits per heavy atom. The van der Waals surface area contributed by atoms with Gasteiger partial charge in [-0.1, -0.05) is 12.1 Å². The molecule has 0 saturated carbocycles. The molecule has 3 N–H and O–H groups in total. The molecular weight excluding hydrogens is 439 g/mol. The van der Waals surface area contributed by atoms with Gasteiger partial charge in [-0.15, -0.1) is 5.10 Å². The number of benzene rings is 1. The number of aliphatic hydroxyl groups is 1. The number of aliphatic hydroxyl groups excluding tert-OH is 1. The number of nitrogens with one attached hydrogen (secondary N) is 2. The van der Waals surface area contributed by atoms with E-state index in [-0.39, 0.29) is 16.9 Å². The van der Waals surface area contributed by atoms with Gasteiger partial charge in [0.15, 0.2) is 5.82 Å². The maximum atomic E-state index is 14.9. The summed E-state index contributed by atoms with van der Waals surface area (Å²) < 4.78 is 48.2. The van der Waals surface area contributed by atoms with Crippen LogP contribution in [-0.2, 0) is 10.7 Å². The number of rotatable bonds is 6. The quantitative estimate of drug-likeness (QED) is 0.517. The first kappa shape index (κ1) is 23.0. The molecule has 176 valence electrons. The van der Waals surface area contributed by atoms with Crippen molar-refractivity contribution in [2.45, 2.75) is 25.8 Å². The molecule has 0 radical (unpaired) electrons. The predicted molar refractivity (Wildman–Crippen MR) is 117 cm³/mol. The van der Waals surface area contributed by atoms with Crippen molar-refractivity contribution < 1.29 is 23.0 Å². The fourth-order valence-corrected chi connectivity index (χ4v) is 3.90. The number of fused-ring (bicyclic) bond motifs is 1. The molecule has 1 aliphatic rings. The van der Waals surface area contributed by atoms with E-state index in [1.54, 1.807) is 19.9 Å². The molecule has 3 heterocycles. The highest BCUT2D eigenvalue weighted by Gasteiger charge is 2.35. The third-order valence-corrected chi connectivity index (χ3v) is 5.73. The zero-order valence-corrected chi connectivity index (χ0v) is 18.2. The summed E-state index contributed by atoms with van der Waals surface area (Å²) >= 11 is 0. The number of pyridine rings is 1. The van der Waals surface area contributed by atoms with Gasteiger partial charge in [-0.05, 0) is 26.0 Å². The van der Waals surface area contributed by atoms with E-state index in [0.717, 1.165) is 6.07 Å². The fraction of sp³-hybridized carbons (Fsp3) is 0.409. The van der Waals surface area contributed by atoms with Gasteiger partial charge in [0.1, 0.15) is 18.1 Å². The first-order chi connectivity index (χ1) is 15.7. The van der Waals surface area contributed by atoms with Crippen molar-refractivity contribution >= 4 is 22.4 Å². The molecule has 1 fully saturated rings. The van der Waals surface area contributed by atoms with Gasteiger partial charge in [0, 0.05) is 24.0 Å². The molecule has 1 aliphatic heterocycles. The molecule has 0 bridgehead atoms. The molecule has 2 aromatic heterocycles. The van der Waals surface area contributed by atoms with Crippen LogP contribution in [0.2, 0.25) is 0 Å². The molecule has 0 aliphatic carbocycles. The summed E-state index contributed by atoms with van der Waals surface area (Å²) in [5.74, 6) is -4.54. The lowest BCUT2D eigenvalue weighted by Crippen LogP contribution is -2.39. The first-order valence-corrected chi connectivity index (χ1v) is 10.5. The average Bonchev–Trinajstić information content (AvgIpc) is 2.81. The van der Waals surface area contributed by atoms with Crippen LogP contribution in [0.4, 0.5) is 24.7 Å². The molecule has 0 spiro atoms. The number of anilines is 2. The maximum Gasteiger partial charge on any atom is 0.298 e. The van der Waals surface area contributed by atoms with Gasteiger partial charge < -0.3 is 25.0 Å². The lowest BCUT2D eigenvalue weighted by atomic mass is 10.00. The van der Waals surface area contributed by atoms with Crippen LogP contribution >= 0.6 is 0 Å². The van der Waals surface area contributed by atoms with Gasteiger partial charge >= 0.3 is 0 Å². The Labute approximate surface area is 187 Å². The highest BCUT2D eigenvalue weighted by molar-refractivity contribution is 5.92. The monoisotopic (exact) mass is 463 g/mol. The second-order valence-electron chi connectivity index (χ2n) is 7.94. The molecule has 4 rings (SSSR count). The largest absolute Gasteiger partial charge is 0.390 e. The average molecular weight is 463 g/mol. The number of alkyl halides is 2. The van der Waals surface area contributed by atoms with E-state index in [2.05, 4.69) is 20.5 Å². The Morgan fingerprint density at radius 2 is 2.03 bits per heavy atom. The number of morpholine rings is 1. The lowest BCUT2D eigenvalue weighted by molar-refractivity contribution is -0.0583. The van der Waals surface area contributed by atoms with Crippen molar-refractivity contribution in [1.29, 1.82) is 0 Å². The lowest BCUT2D eigenvalue weighted by Gasteiger charge is -2.28. The van der Waals surface area contributed by atoms with E-state index in [9.17, 15) is 18.0 Å². The Bertz CT molecular complexity index is 1230. The third kappa shape index (κ3) is 4.38. The maximum absolute atomic E-state index is 14.9. The Balaban J connectivity index is 1.74. The van der Waals surface area contributed by atoms with Crippen molar-refractivity contribution in [3.63, 3.8) is 0 Å². The van der Waals surface area contributed by atoms with Crippen molar-refractivity contribution in [2.75, 3.05) is 43.1 Å². The fourth-order valence-electron chi connectivity index (χ4n) is 3.90. The van der Waals surface area contributed by atoms with Crippen LogP contribution in [0.1, 0.15) is 29.8 Å². The van der Waals surface area contributed by atoms with Gasteiger partial charge in [0.2, 0.25) is 0 Å². The topological polar surface area (TPSA) is 103 Å². The van der Waals surface area contributed by atoms with Crippen molar-refractivity contribution in [2.24, 2.45) is 0 Å². The second kappa shape index (κ2) is 8.99. The number of nitrogens with zero attached hydrogens (tertiary/aromatic N) is 3. The van der Waals surface area contributed by atoms with Crippen LogP contribution in [0.3, 0.4) is 0 Å². The van der Waals surface area contributed by atoms with Crippen LogP contribution in [-0.4, -0.2) is 53.2 Å². The van der Waals surface area contributed by atoms with Gasteiger partial charge in [0.25, 0.3) is 11.5 Å². The summed E-state index contributed by atoms with van der Waals surface area (Å²) in [5.41, 5.74) is 0.255. The van der Waals surface area contributed by atoms with Crippen LogP contribution < -0.4 is 15.8 Å². The number of hydrogen-bond donors (Lipinski definition) is 3. The molecule has 3 aromatic rings. The number of halogens is 3. The minimum absolute atomic E-state index is 0.0195. The summed E-state index contributed by atoms with van der Waals surface area (Å²) in [7, 11) is 0. The Hall–Kier alpha value is -3.18. The van der Waals surface area contributed by atoms with E-state index in [0.29, 0.717) is 48.6 Å². The van der Waals surface area contributed by atoms with Gasteiger partial charge in [0.05, 0.1) is 36.0 Å². The SMILES string of the molecule is Cc1nnc(N[C@H](C)c2cccc(C(F)(F)CO)c2F)c2cc(N3CCOCC3)c(=O)[nH]c12. The summed E-state index contributed by atoms with van der Waals surface area (Å²) in [5, 5.41) is 20.8. The normalized spacial score (nSPS) is 15.6. The smallest absolute Gasteiger partial charge is 0.298 e. The van der Waals surface area contributed by atoms with E-state index < -0.39 is 30.0 Å². The van der Waals surface area contributed by atoms with Gasteiger partial charge in [-0.25, -0.2) is 4.39 Å². The minimum atomic E-state index is -3.71. The first-order valence-electron chi connectivity index (χ1n) is 10.5. The van der Waals surface area contributed by atoms with Crippen molar-refractivity contribution in [3.05, 3.63) is 57.3 Å². The predicted octanol–water partition coefficient (Wildman–Crippen LogP) is 2.86. The molecule has 1 aromatic carbocycles. The van der Waals surface area contributed by atoms with E-state index in [1.165, 1.54) is 12.1 Å². The number of aromatic amines is 1. The zero-order valence-electron chi connectivity index (χ0n) is 18.2. The standard InChI is InChI=1S/C22H24F3N5O3/c1-12(14-4-3-5-16(18(14)23)22(24,25)11-31)26-20-15-10-17(30-6-8-33-9-7-30)21(32)27-19(15)13(2)28-29-20/h3-5,10,12,31H,6-9,11H2,1-2H3,(H,26,29)(H,27,32)/t12-/m1/s1. The van der Waals surface area contributed by atoms with Crippen LogP contribution in [0, 0.1) is 12.7 Å². The number of aromatic nitrogens is 3. The van der Waals surface area contributed by atoms with Crippen LogP contribution in [0.15, 0.2) is 29.1 Å². The molecule has 1 saturated heterocycles. The minimum Gasteiger partial charge on any atom is -0.390 e. The van der Waals surface area contributed by atoms with Gasteiger partial charge in [-0.3, -0.25) is 4.79 Å². The third-order valence-electron chi connectivity index (χ3n) is 5.73. The van der Waals surface area contributed by atoms with Gasteiger partial charge in [-0.2, -0.15) is 13.9 Å². The molecule has 0 unspecified atom stereocenters. The summed E-state index contributed by atoms with van der Waals surface area (Å²) in [6.07, 6.45) is 0. The second-order valence-corrected chi connectivity index (χ2v) is 7.94. The molecule has 0 amide bonds. The zero-order chi connectivity index (χ0) is 23.8. The summed E-state index contributed by atoms with van der Waals surface area (Å²) in [6, 6.07) is 4.57. The number of ether oxygens (including phenoxy) is 1. The highest BCUT2D eigenvalue weighted by Crippen LogP contribution is 2.34. The van der Waals surface area contributed by atoms with E-state index >= 15 is 0 Å². The van der Waals surface area contributed by atoms with E-state index in [1.807, 2.05) is 4.90 Å². The molecule has 11 heteroatoms. The molecule has 1 atom stereocenters. The Kier molecular flexibility index (Phi) is 6.26. The summed E-state index contributed by atoms with van der Waals surface area (Å²) in [4.78, 5) is 17.4. The van der Waals surface area contributed by atoms with E-state index in [4.69, 9.17) is 9.84 Å². The van der Waals surface area contributed by atoms with Crippen LogP contribution in [0.5, 0.6) is 0 Å². The van der Waals surface area contributed by atoms with Crippen molar-refractivity contribution in [3.8, 4) is 0 Å². The highest BCUT2D eigenvalue weighted by atomic mass is 19.3.